The number of benzene rings is 1. The third-order valence-electron chi connectivity index (χ3n) is 5.97. The highest BCUT2D eigenvalue weighted by Gasteiger charge is 2.37. The molecular weight excluding hydrogens is 405 g/mol. The normalized spacial score (nSPS) is 23.6. The fourth-order valence-corrected chi connectivity index (χ4v) is 4.39. The zero-order valence-electron chi connectivity index (χ0n) is 16.2. The Morgan fingerprint density at radius 1 is 1.24 bits per heavy atom. The lowest BCUT2D eigenvalue weighted by Crippen LogP contribution is -2.48. The van der Waals surface area contributed by atoms with Crippen molar-refractivity contribution in [2.24, 2.45) is 0 Å². The maximum absolute atomic E-state index is 13.0. The van der Waals surface area contributed by atoms with Crippen LogP contribution in [-0.2, 0) is 6.18 Å². The van der Waals surface area contributed by atoms with Crippen molar-refractivity contribution in [1.29, 1.82) is 0 Å². The van der Waals surface area contributed by atoms with Gasteiger partial charge >= 0.3 is 6.18 Å². The fraction of sp³-hybridized carbons (Fsp3) is 0.500. The fourth-order valence-electron chi connectivity index (χ4n) is 4.39. The van der Waals surface area contributed by atoms with Crippen LogP contribution in [0.15, 0.2) is 30.5 Å². The Morgan fingerprint density at radius 2 is 1.90 bits per heavy atom. The van der Waals surface area contributed by atoms with E-state index in [2.05, 4.69) is 10.4 Å². The highest BCUT2D eigenvalue weighted by molar-refractivity contribution is 5.95. The molecule has 1 N–H and O–H groups in total. The topological polar surface area (TPSA) is 50.2 Å². The van der Waals surface area contributed by atoms with E-state index in [-0.39, 0.29) is 30.0 Å². The van der Waals surface area contributed by atoms with Gasteiger partial charge in [-0.3, -0.25) is 4.79 Å². The number of hydrogen-bond acceptors (Lipinski definition) is 3. The highest BCUT2D eigenvalue weighted by Crippen LogP contribution is 2.32. The molecule has 0 radical (unpaired) electrons. The van der Waals surface area contributed by atoms with Gasteiger partial charge in [0, 0.05) is 25.2 Å². The average Bonchev–Trinajstić information content (AvgIpc) is 3.21. The van der Waals surface area contributed by atoms with Crippen molar-refractivity contribution >= 4 is 18.3 Å². The number of nitrogens with zero attached hydrogens (tertiary/aromatic N) is 3. The summed E-state index contributed by atoms with van der Waals surface area (Å²) < 4.78 is 40.4. The van der Waals surface area contributed by atoms with Crippen molar-refractivity contribution in [3.05, 3.63) is 47.3 Å². The van der Waals surface area contributed by atoms with Crippen LogP contribution in [0, 0.1) is 6.92 Å². The lowest BCUT2D eigenvalue weighted by Gasteiger charge is -2.35. The van der Waals surface area contributed by atoms with Crippen LogP contribution in [0.2, 0.25) is 0 Å². The number of amides is 1. The van der Waals surface area contributed by atoms with Gasteiger partial charge in [-0.2, -0.15) is 18.3 Å². The minimum Gasteiger partial charge on any atom is -0.338 e. The van der Waals surface area contributed by atoms with E-state index in [0.29, 0.717) is 23.3 Å². The average molecular weight is 429 g/mol. The molecule has 2 bridgehead atoms. The number of piperidine rings is 1. The van der Waals surface area contributed by atoms with Gasteiger partial charge in [0.15, 0.2) is 0 Å². The summed E-state index contributed by atoms with van der Waals surface area (Å²) in [5.74, 6) is -0.137. The molecule has 3 heterocycles. The summed E-state index contributed by atoms with van der Waals surface area (Å²) in [6.45, 7) is 1.71. The van der Waals surface area contributed by atoms with Crippen molar-refractivity contribution in [3.63, 3.8) is 0 Å². The van der Waals surface area contributed by atoms with E-state index >= 15 is 0 Å². The summed E-state index contributed by atoms with van der Waals surface area (Å²) in [5, 5.41) is 7.75. The predicted molar refractivity (Wildman–Crippen MR) is 106 cm³/mol. The van der Waals surface area contributed by atoms with Gasteiger partial charge in [-0.1, -0.05) is 6.07 Å². The van der Waals surface area contributed by atoms with Crippen LogP contribution in [0.3, 0.4) is 0 Å². The minimum atomic E-state index is -4.43. The molecule has 1 amide bonds. The van der Waals surface area contributed by atoms with Gasteiger partial charge in [-0.15, -0.1) is 12.4 Å². The highest BCUT2D eigenvalue weighted by atomic mass is 35.5. The Hall–Kier alpha value is -2.06. The van der Waals surface area contributed by atoms with Crippen LogP contribution in [0.4, 0.5) is 13.2 Å². The zero-order chi connectivity index (χ0) is 20.1. The van der Waals surface area contributed by atoms with Gasteiger partial charge in [-0.05, 0) is 50.8 Å². The zero-order valence-corrected chi connectivity index (χ0v) is 17.1. The quantitative estimate of drug-likeness (QED) is 0.804. The van der Waals surface area contributed by atoms with Gasteiger partial charge in [-0.25, -0.2) is 4.68 Å². The first-order valence-corrected chi connectivity index (χ1v) is 9.49. The molecule has 0 saturated carbocycles. The first-order chi connectivity index (χ1) is 13.2. The van der Waals surface area contributed by atoms with E-state index in [1.807, 2.05) is 0 Å². The molecule has 2 aromatic rings. The Balaban J connectivity index is 0.00000240. The van der Waals surface area contributed by atoms with Crippen LogP contribution in [0.1, 0.15) is 47.3 Å². The Bertz CT molecular complexity index is 886. The SMILES string of the molecule is Cc1c(C(=O)N(C)C2CC3CCC(C2)N3)cnn1-c1cccc(C(F)(F)F)c1.Cl. The first kappa shape index (κ1) is 21.6. The van der Waals surface area contributed by atoms with Crippen LogP contribution in [-0.4, -0.2) is 45.8 Å². The van der Waals surface area contributed by atoms with Crippen LogP contribution in [0.5, 0.6) is 0 Å². The maximum atomic E-state index is 13.0. The molecule has 158 valence electrons. The number of aromatic nitrogens is 2. The first-order valence-electron chi connectivity index (χ1n) is 9.49. The molecule has 2 aliphatic rings. The van der Waals surface area contributed by atoms with E-state index in [1.165, 1.54) is 16.9 Å². The van der Waals surface area contributed by atoms with Crippen LogP contribution in [0.25, 0.3) is 5.69 Å². The van der Waals surface area contributed by atoms with E-state index in [1.54, 1.807) is 24.9 Å². The Labute approximate surface area is 173 Å². The van der Waals surface area contributed by atoms with Gasteiger partial charge in [0.25, 0.3) is 5.91 Å². The standard InChI is InChI=1S/C20H23F3N4O.ClH/c1-12-18(19(28)26(2)17-9-14-6-7-15(10-17)25-14)11-24-27(12)16-5-3-4-13(8-16)20(21,22)23;/h3-5,8,11,14-15,17,25H,6-7,9-10H2,1-2H3;1H. The second-order valence-electron chi connectivity index (χ2n) is 7.78. The molecule has 2 saturated heterocycles. The number of hydrogen-bond donors (Lipinski definition) is 1. The number of fused-ring (bicyclic) bond motifs is 2. The molecule has 2 atom stereocenters. The van der Waals surface area contributed by atoms with Crippen molar-refractivity contribution < 1.29 is 18.0 Å². The van der Waals surface area contributed by atoms with Gasteiger partial charge in [0.05, 0.1) is 28.7 Å². The monoisotopic (exact) mass is 428 g/mol. The Morgan fingerprint density at radius 3 is 2.52 bits per heavy atom. The molecule has 2 aliphatic heterocycles. The summed E-state index contributed by atoms with van der Waals surface area (Å²) in [6.07, 6.45) is 1.18. The predicted octanol–water partition coefficient (Wildman–Crippen LogP) is 3.98. The molecule has 0 spiro atoms. The summed E-state index contributed by atoms with van der Waals surface area (Å²) in [4.78, 5) is 14.8. The number of halogens is 4. The van der Waals surface area contributed by atoms with Crippen molar-refractivity contribution in [2.45, 2.75) is 56.9 Å². The largest absolute Gasteiger partial charge is 0.416 e. The number of carbonyl (C=O) groups excluding carboxylic acids is 1. The molecular formula is C20H24ClF3N4O. The minimum absolute atomic E-state index is 0. The molecule has 5 nitrogen and oxygen atoms in total. The van der Waals surface area contributed by atoms with E-state index < -0.39 is 11.7 Å². The van der Waals surface area contributed by atoms with Crippen LogP contribution >= 0.6 is 12.4 Å². The molecule has 2 unspecified atom stereocenters. The van der Waals surface area contributed by atoms with E-state index in [4.69, 9.17) is 0 Å². The lowest BCUT2D eigenvalue weighted by atomic mass is 9.98. The Kier molecular flexibility index (Phi) is 5.96. The second kappa shape index (κ2) is 7.99. The number of nitrogens with one attached hydrogen (secondary N) is 1. The summed E-state index contributed by atoms with van der Waals surface area (Å²) in [7, 11) is 1.80. The van der Waals surface area contributed by atoms with Crippen LogP contribution < -0.4 is 5.32 Å². The van der Waals surface area contributed by atoms with Crippen molar-refractivity contribution in [1.82, 2.24) is 20.0 Å². The molecule has 2 fully saturated rings. The summed E-state index contributed by atoms with van der Waals surface area (Å²) in [5.41, 5.74) is 0.503. The number of rotatable bonds is 3. The van der Waals surface area contributed by atoms with Gasteiger partial charge in [0.1, 0.15) is 0 Å². The summed E-state index contributed by atoms with van der Waals surface area (Å²) in [6, 6.07) is 6.06. The van der Waals surface area contributed by atoms with Gasteiger partial charge < -0.3 is 10.2 Å². The molecule has 29 heavy (non-hydrogen) atoms. The van der Waals surface area contributed by atoms with Gasteiger partial charge in [0.2, 0.25) is 0 Å². The van der Waals surface area contributed by atoms with E-state index in [9.17, 15) is 18.0 Å². The lowest BCUT2D eigenvalue weighted by molar-refractivity contribution is -0.137. The molecule has 4 rings (SSSR count). The molecule has 9 heteroatoms. The molecule has 1 aromatic heterocycles. The molecule has 0 aliphatic carbocycles. The third kappa shape index (κ3) is 4.14. The third-order valence-corrected chi connectivity index (χ3v) is 5.97. The summed E-state index contributed by atoms with van der Waals surface area (Å²) >= 11 is 0. The second-order valence-corrected chi connectivity index (χ2v) is 7.78. The van der Waals surface area contributed by atoms with E-state index in [0.717, 1.165) is 37.8 Å². The van der Waals surface area contributed by atoms with Crippen molar-refractivity contribution in [3.8, 4) is 5.69 Å². The number of carbonyl (C=O) groups is 1. The van der Waals surface area contributed by atoms with Crippen molar-refractivity contribution in [2.75, 3.05) is 7.05 Å². The maximum Gasteiger partial charge on any atom is 0.416 e. The smallest absolute Gasteiger partial charge is 0.338 e. The molecule has 1 aromatic carbocycles. The number of alkyl halides is 3.